The van der Waals surface area contributed by atoms with Gasteiger partial charge in [-0.15, -0.1) is 0 Å². The Morgan fingerprint density at radius 1 is 1.10 bits per heavy atom. The molecule has 0 atom stereocenters. The molecule has 4 aromatic rings. The lowest BCUT2D eigenvalue weighted by molar-refractivity contribution is 0.0983. The van der Waals surface area contributed by atoms with Crippen molar-refractivity contribution in [2.75, 3.05) is 4.90 Å². The van der Waals surface area contributed by atoms with E-state index >= 15 is 0 Å². The van der Waals surface area contributed by atoms with Crippen LogP contribution in [0, 0.1) is 13.8 Å². The topological polar surface area (TPSA) is 83.4 Å². The Hall–Kier alpha value is -3.45. The van der Waals surface area contributed by atoms with Crippen LogP contribution in [0.4, 0.5) is 5.95 Å². The van der Waals surface area contributed by atoms with Crippen LogP contribution < -0.4 is 10.5 Å². The summed E-state index contributed by atoms with van der Waals surface area (Å²) in [6, 6.07) is 14.8. The number of carbonyl (C=O) groups is 1. The normalized spacial score (nSPS) is 11.1. The summed E-state index contributed by atoms with van der Waals surface area (Å²) >= 11 is 6.10. The smallest absolute Gasteiger partial charge is 0.272 e. The predicted molar refractivity (Wildman–Crippen MR) is 121 cm³/mol. The van der Waals surface area contributed by atoms with Gasteiger partial charge in [-0.1, -0.05) is 48.9 Å². The highest BCUT2D eigenvalue weighted by Crippen LogP contribution is 2.20. The lowest BCUT2D eigenvalue weighted by Gasteiger charge is -2.20. The summed E-state index contributed by atoms with van der Waals surface area (Å²) in [5.74, 6) is 0.162. The Kier molecular flexibility index (Phi) is 5.61. The highest BCUT2D eigenvalue weighted by molar-refractivity contribution is 6.31. The molecule has 0 unspecified atom stereocenters. The highest BCUT2D eigenvalue weighted by Gasteiger charge is 2.23. The summed E-state index contributed by atoms with van der Waals surface area (Å²) < 4.78 is 1.26. The van der Waals surface area contributed by atoms with Gasteiger partial charge in [0, 0.05) is 21.8 Å². The molecule has 0 bridgehead atoms. The molecule has 1 amide bonds. The molecule has 2 aromatic carbocycles. The fourth-order valence-electron chi connectivity index (χ4n) is 3.30. The summed E-state index contributed by atoms with van der Waals surface area (Å²) in [5.41, 5.74) is 3.44. The number of aromatic amines is 1. The van der Waals surface area contributed by atoms with Gasteiger partial charge in [-0.3, -0.25) is 19.6 Å². The minimum atomic E-state index is -0.289. The molecule has 0 aliphatic carbocycles. The quantitative estimate of drug-likeness (QED) is 0.511. The molecule has 158 valence electrons. The molecule has 0 aliphatic rings. The van der Waals surface area contributed by atoms with Crippen LogP contribution in [-0.2, 0) is 13.0 Å². The Balaban J connectivity index is 1.81. The predicted octanol–water partition coefficient (Wildman–Crippen LogP) is 4.10. The van der Waals surface area contributed by atoms with E-state index in [1.54, 1.807) is 38.1 Å². The Bertz CT molecular complexity index is 1320. The van der Waals surface area contributed by atoms with Crippen molar-refractivity contribution in [3.05, 3.63) is 91.9 Å². The number of amides is 1. The van der Waals surface area contributed by atoms with E-state index in [-0.39, 0.29) is 29.7 Å². The zero-order valence-corrected chi connectivity index (χ0v) is 18.3. The maximum atomic E-state index is 13.4. The Morgan fingerprint density at radius 2 is 1.81 bits per heavy atom. The third-order valence-corrected chi connectivity index (χ3v) is 5.53. The second kappa shape index (κ2) is 8.35. The van der Waals surface area contributed by atoms with Crippen LogP contribution in [0.1, 0.15) is 39.7 Å². The number of nitrogens with one attached hydrogen (secondary N) is 1. The molecular weight excluding hydrogens is 414 g/mol. The van der Waals surface area contributed by atoms with E-state index in [1.807, 2.05) is 24.3 Å². The maximum Gasteiger partial charge on any atom is 0.277 e. The van der Waals surface area contributed by atoms with Crippen molar-refractivity contribution in [2.45, 2.75) is 33.7 Å². The first kappa shape index (κ1) is 20.8. The second-order valence-corrected chi connectivity index (χ2v) is 7.82. The molecule has 0 fully saturated rings. The molecular formula is C23H22ClN5O2. The molecule has 2 heterocycles. The van der Waals surface area contributed by atoms with Gasteiger partial charge < -0.3 is 0 Å². The number of carbonyl (C=O) groups excluding carboxylic acids is 1. The van der Waals surface area contributed by atoms with Crippen molar-refractivity contribution in [3.63, 3.8) is 0 Å². The van der Waals surface area contributed by atoms with Crippen LogP contribution in [0.15, 0.2) is 53.3 Å². The van der Waals surface area contributed by atoms with Crippen molar-refractivity contribution in [2.24, 2.45) is 0 Å². The first-order valence-corrected chi connectivity index (χ1v) is 10.4. The number of aromatic nitrogens is 4. The average Bonchev–Trinajstić information content (AvgIpc) is 3.19. The maximum absolute atomic E-state index is 13.4. The molecule has 2 aromatic heterocycles. The number of rotatable bonds is 5. The zero-order valence-electron chi connectivity index (χ0n) is 17.5. The molecule has 0 saturated heterocycles. The first-order valence-electron chi connectivity index (χ1n) is 9.98. The lowest BCUT2D eigenvalue weighted by Crippen LogP contribution is -2.31. The standard InChI is InChI=1S/C23H22ClN5O2/c1-4-16-8-10-17(11-9-16)13-28(21(31)18-6-5-7-19(24)12-18)23-26-22-25-15(3)14(2)20(30)29(22)27-23/h5-12H,4,13H2,1-3H3,(H,25,26,27). The molecule has 0 saturated carbocycles. The van der Waals surface area contributed by atoms with E-state index in [1.165, 1.54) is 15.0 Å². The minimum absolute atomic E-state index is 0.216. The summed E-state index contributed by atoms with van der Waals surface area (Å²) in [7, 11) is 0. The number of nitrogens with zero attached hydrogens (tertiary/aromatic N) is 4. The molecule has 1 N–H and O–H groups in total. The summed E-state index contributed by atoms with van der Waals surface area (Å²) in [6.45, 7) is 5.83. The van der Waals surface area contributed by atoms with Gasteiger partial charge in [-0.2, -0.15) is 9.50 Å². The molecule has 7 nitrogen and oxygen atoms in total. The van der Waals surface area contributed by atoms with Crippen LogP contribution in [0.2, 0.25) is 5.02 Å². The monoisotopic (exact) mass is 435 g/mol. The van der Waals surface area contributed by atoms with E-state index in [0.29, 0.717) is 21.8 Å². The number of fused-ring (bicyclic) bond motifs is 1. The Labute approximate surface area is 184 Å². The van der Waals surface area contributed by atoms with Crippen molar-refractivity contribution in [1.82, 2.24) is 19.6 Å². The molecule has 8 heteroatoms. The van der Waals surface area contributed by atoms with Crippen molar-refractivity contribution < 1.29 is 4.79 Å². The van der Waals surface area contributed by atoms with Crippen LogP contribution >= 0.6 is 11.6 Å². The third kappa shape index (κ3) is 4.09. The number of halogens is 1. The van der Waals surface area contributed by atoms with Crippen LogP contribution in [0.25, 0.3) is 5.78 Å². The average molecular weight is 436 g/mol. The van der Waals surface area contributed by atoms with Gasteiger partial charge >= 0.3 is 0 Å². The number of hydrogen-bond acceptors (Lipinski definition) is 4. The highest BCUT2D eigenvalue weighted by atomic mass is 35.5. The fraction of sp³-hybridized carbons (Fsp3) is 0.217. The zero-order chi connectivity index (χ0) is 22.1. The van der Waals surface area contributed by atoms with Crippen molar-refractivity contribution in [1.29, 1.82) is 0 Å². The number of H-pyrrole nitrogens is 1. The van der Waals surface area contributed by atoms with Gasteiger partial charge in [-0.05, 0) is 49.6 Å². The van der Waals surface area contributed by atoms with Crippen LogP contribution in [0.3, 0.4) is 0 Å². The van der Waals surface area contributed by atoms with Gasteiger partial charge in [0.2, 0.25) is 5.95 Å². The second-order valence-electron chi connectivity index (χ2n) is 7.38. The van der Waals surface area contributed by atoms with Crippen LogP contribution in [-0.4, -0.2) is 25.5 Å². The van der Waals surface area contributed by atoms with E-state index in [4.69, 9.17) is 11.6 Å². The lowest BCUT2D eigenvalue weighted by atomic mass is 10.1. The van der Waals surface area contributed by atoms with Gasteiger partial charge in [0.15, 0.2) is 0 Å². The third-order valence-electron chi connectivity index (χ3n) is 5.30. The van der Waals surface area contributed by atoms with E-state index < -0.39 is 0 Å². The fourth-order valence-corrected chi connectivity index (χ4v) is 3.49. The molecule has 0 aliphatic heterocycles. The van der Waals surface area contributed by atoms with Gasteiger partial charge in [0.05, 0.1) is 6.54 Å². The molecule has 0 radical (unpaired) electrons. The van der Waals surface area contributed by atoms with Crippen molar-refractivity contribution >= 4 is 29.2 Å². The summed E-state index contributed by atoms with van der Waals surface area (Å²) in [4.78, 5) is 36.4. The largest absolute Gasteiger partial charge is 0.277 e. The van der Waals surface area contributed by atoms with E-state index in [2.05, 4.69) is 22.0 Å². The number of anilines is 1. The first-order chi connectivity index (χ1) is 14.9. The van der Waals surface area contributed by atoms with Gasteiger partial charge in [0.25, 0.3) is 17.2 Å². The SMILES string of the molecule is CCc1ccc(CN(C(=O)c2cccc(Cl)c2)c2nc3nc(C)c(C)c(=O)n3[nH]2)cc1. The molecule has 4 rings (SSSR count). The molecule has 31 heavy (non-hydrogen) atoms. The van der Waals surface area contributed by atoms with Gasteiger partial charge in [0.1, 0.15) is 0 Å². The van der Waals surface area contributed by atoms with Crippen LogP contribution in [0.5, 0.6) is 0 Å². The summed E-state index contributed by atoms with van der Waals surface area (Å²) in [5, 5.41) is 3.41. The number of hydrogen-bond donors (Lipinski definition) is 1. The number of benzene rings is 2. The summed E-state index contributed by atoms with van der Waals surface area (Å²) in [6.07, 6.45) is 0.933. The molecule has 0 spiro atoms. The number of aryl methyl sites for hydroxylation is 2. The van der Waals surface area contributed by atoms with E-state index in [0.717, 1.165) is 12.0 Å². The van der Waals surface area contributed by atoms with Gasteiger partial charge in [-0.25, -0.2) is 4.98 Å². The Morgan fingerprint density at radius 3 is 2.48 bits per heavy atom. The minimum Gasteiger partial charge on any atom is -0.272 e. The van der Waals surface area contributed by atoms with Crippen molar-refractivity contribution in [3.8, 4) is 0 Å². The van der Waals surface area contributed by atoms with E-state index in [9.17, 15) is 9.59 Å².